The highest BCUT2D eigenvalue weighted by molar-refractivity contribution is 7.07. The average molecular weight is 152 g/mol. The molecule has 1 aliphatic rings. The molecular weight excluding hydrogens is 140 g/mol. The number of rotatable bonds is 3. The molecule has 0 N–H and O–H groups in total. The van der Waals surface area contributed by atoms with E-state index in [-0.39, 0.29) is 0 Å². The molecule has 0 aliphatic heterocycles. The standard InChI is InChI=1S/C9H12S/c1-2-8(1)3-4-9-5-6-10-7-9/h5-8H,1-4H2. The topological polar surface area (TPSA) is 0 Å². The van der Waals surface area contributed by atoms with Crippen LogP contribution in [0.2, 0.25) is 0 Å². The summed E-state index contributed by atoms with van der Waals surface area (Å²) in [7, 11) is 0. The van der Waals surface area contributed by atoms with Gasteiger partial charge in [0.2, 0.25) is 0 Å². The van der Waals surface area contributed by atoms with Crippen molar-refractivity contribution in [1.82, 2.24) is 0 Å². The lowest BCUT2D eigenvalue weighted by molar-refractivity contribution is 0.728. The fourth-order valence-electron chi connectivity index (χ4n) is 1.21. The van der Waals surface area contributed by atoms with Crippen LogP contribution < -0.4 is 0 Å². The summed E-state index contributed by atoms with van der Waals surface area (Å²) >= 11 is 1.81. The molecular formula is C9H12S. The van der Waals surface area contributed by atoms with E-state index in [4.69, 9.17) is 0 Å². The van der Waals surface area contributed by atoms with Gasteiger partial charge in [-0.15, -0.1) is 0 Å². The molecule has 1 heterocycles. The third-order valence-corrected chi connectivity index (χ3v) is 2.85. The van der Waals surface area contributed by atoms with Crippen LogP contribution in [0.1, 0.15) is 24.8 Å². The molecule has 0 aromatic carbocycles. The van der Waals surface area contributed by atoms with E-state index < -0.39 is 0 Å². The van der Waals surface area contributed by atoms with Gasteiger partial charge in [-0.05, 0) is 41.1 Å². The van der Waals surface area contributed by atoms with Crippen LogP contribution in [0.15, 0.2) is 16.8 Å². The van der Waals surface area contributed by atoms with Crippen LogP contribution in [0.5, 0.6) is 0 Å². The summed E-state index contributed by atoms with van der Waals surface area (Å²) in [5.41, 5.74) is 1.54. The maximum absolute atomic E-state index is 2.27. The highest BCUT2D eigenvalue weighted by atomic mass is 32.1. The van der Waals surface area contributed by atoms with Crippen molar-refractivity contribution < 1.29 is 0 Å². The zero-order valence-corrected chi connectivity index (χ0v) is 6.86. The van der Waals surface area contributed by atoms with Crippen molar-refractivity contribution in [2.24, 2.45) is 5.92 Å². The van der Waals surface area contributed by atoms with Crippen molar-refractivity contribution in [2.75, 3.05) is 0 Å². The van der Waals surface area contributed by atoms with E-state index in [1.165, 1.54) is 31.2 Å². The van der Waals surface area contributed by atoms with Gasteiger partial charge in [-0.25, -0.2) is 0 Å². The molecule has 0 amide bonds. The second-order valence-corrected chi connectivity index (χ2v) is 3.89. The van der Waals surface area contributed by atoms with Crippen LogP contribution in [0.25, 0.3) is 0 Å². The number of hydrogen-bond acceptors (Lipinski definition) is 1. The normalized spacial score (nSPS) is 17.6. The van der Waals surface area contributed by atoms with Crippen LogP contribution in [-0.4, -0.2) is 0 Å². The average Bonchev–Trinajstić information content (AvgIpc) is 2.63. The van der Waals surface area contributed by atoms with Gasteiger partial charge in [-0.2, -0.15) is 11.3 Å². The van der Waals surface area contributed by atoms with E-state index in [0.717, 1.165) is 5.92 Å². The number of thiophene rings is 1. The largest absolute Gasteiger partial charge is 0.152 e. The minimum atomic E-state index is 1.08. The van der Waals surface area contributed by atoms with Gasteiger partial charge in [0.25, 0.3) is 0 Å². The number of hydrogen-bond donors (Lipinski definition) is 0. The van der Waals surface area contributed by atoms with Crippen LogP contribution in [0.4, 0.5) is 0 Å². The van der Waals surface area contributed by atoms with Gasteiger partial charge in [-0.1, -0.05) is 12.8 Å². The Hall–Kier alpha value is -0.300. The lowest BCUT2D eigenvalue weighted by atomic mass is 10.1. The van der Waals surface area contributed by atoms with Gasteiger partial charge >= 0.3 is 0 Å². The Kier molecular flexibility index (Phi) is 1.76. The Labute approximate surface area is 65.9 Å². The van der Waals surface area contributed by atoms with Crippen LogP contribution in [0, 0.1) is 5.92 Å². The Morgan fingerprint density at radius 2 is 2.40 bits per heavy atom. The molecule has 0 radical (unpaired) electrons. The van der Waals surface area contributed by atoms with Gasteiger partial charge in [0.1, 0.15) is 0 Å². The summed E-state index contributed by atoms with van der Waals surface area (Å²) in [4.78, 5) is 0. The zero-order chi connectivity index (χ0) is 6.81. The minimum absolute atomic E-state index is 1.08. The van der Waals surface area contributed by atoms with Crippen molar-refractivity contribution in [2.45, 2.75) is 25.7 Å². The Morgan fingerprint density at radius 3 is 3.00 bits per heavy atom. The number of aryl methyl sites for hydroxylation is 1. The van der Waals surface area contributed by atoms with Crippen molar-refractivity contribution in [3.8, 4) is 0 Å². The van der Waals surface area contributed by atoms with Crippen molar-refractivity contribution in [3.05, 3.63) is 22.4 Å². The third kappa shape index (κ3) is 1.60. The van der Waals surface area contributed by atoms with Crippen LogP contribution >= 0.6 is 11.3 Å². The molecule has 0 spiro atoms. The van der Waals surface area contributed by atoms with Gasteiger partial charge in [-0.3, -0.25) is 0 Å². The highest BCUT2D eigenvalue weighted by Gasteiger charge is 2.20. The summed E-state index contributed by atoms with van der Waals surface area (Å²) in [5, 5.41) is 4.44. The van der Waals surface area contributed by atoms with E-state index in [1.54, 1.807) is 0 Å². The molecule has 1 heteroatoms. The van der Waals surface area contributed by atoms with Crippen molar-refractivity contribution >= 4 is 11.3 Å². The molecule has 0 bridgehead atoms. The third-order valence-electron chi connectivity index (χ3n) is 2.12. The fourth-order valence-corrected chi connectivity index (χ4v) is 1.92. The molecule has 0 unspecified atom stereocenters. The molecule has 2 rings (SSSR count). The lowest BCUT2D eigenvalue weighted by Crippen LogP contribution is -1.81. The van der Waals surface area contributed by atoms with E-state index in [1.807, 2.05) is 11.3 Å². The quantitative estimate of drug-likeness (QED) is 0.624. The predicted molar refractivity (Wildman–Crippen MR) is 45.4 cm³/mol. The predicted octanol–water partition coefficient (Wildman–Crippen LogP) is 3.09. The molecule has 1 fully saturated rings. The molecule has 1 aromatic rings. The van der Waals surface area contributed by atoms with Crippen LogP contribution in [-0.2, 0) is 6.42 Å². The van der Waals surface area contributed by atoms with Gasteiger partial charge in [0, 0.05) is 0 Å². The Bertz CT molecular complexity index is 185. The van der Waals surface area contributed by atoms with E-state index >= 15 is 0 Å². The molecule has 1 aromatic heterocycles. The van der Waals surface area contributed by atoms with Crippen molar-refractivity contribution in [1.29, 1.82) is 0 Å². The van der Waals surface area contributed by atoms with Gasteiger partial charge in [0.05, 0.1) is 0 Å². The maximum Gasteiger partial charge on any atom is -0.00613 e. The first-order valence-electron chi connectivity index (χ1n) is 3.96. The summed E-state index contributed by atoms with van der Waals surface area (Å²) in [6.07, 6.45) is 5.72. The summed E-state index contributed by atoms with van der Waals surface area (Å²) < 4.78 is 0. The second kappa shape index (κ2) is 2.75. The first kappa shape index (κ1) is 6.41. The molecule has 0 saturated heterocycles. The highest BCUT2D eigenvalue weighted by Crippen LogP contribution is 2.33. The molecule has 0 nitrogen and oxygen atoms in total. The van der Waals surface area contributed by atoms with E-state index in [0.29, 0.717) is 0 Å². The maximum atomic E-state index is 2.27. The lowest BCUT2D eigenvalue weighted by Gasteiger charge is -1.92. The van der Waals surface area contributed by atoms with Gasteiger partial charge in [0.15, 0.2) is 0 Å². The van der Waals surface area contributed by atoms with Crippen LogP contribution in [0.3, 0.4) is 0 Å². The molecule has 0 atom stereocenters. The first-order chi connectivity index (χ1) is 4.95. The van der Waals surface area contributed by atoms with E-state index in [2.05, 4.69) is 16.8 Å². The molecule has 54 valence electrons. The Balaban J connectivity index is 1.79. The Morgan fingerprint density at radius 1 is 1.50 bits per heavy atom. The first-order valence-corrected chi connectivity index (χ1v) is 4.90. The summed E-state index contributed by atoms with van der Waals surface area (Å²) in [5.74, 6) is 1.08. The second-order valence-electron chi connectivity index (χ2n) is 3.11. The minimum Gasteiger partial charge on any atom is -0.152 e. The monoisotopic (exact) mass is 152 g/mol. The molecule has 1 aliphatic carbocycles. The molecule has 10 heavy (non-hydrogen) atoms. The summed E-state index contributed by atoms with van der Waals surface area (Å²) in [6.45, 7) is 0. The zero-order valence-electron chi connectivity index (χ0n) is 6.05. The van der Waals surface area contributed by atoms with Gasteiger partial charge < -0.3 is 0 Å². The summed E-state index contributed by atoms with van der Waals surface area (Å²) in [6, 6.07) is 2.24. The SMILES string of the molecule is c1cc(CCC2CC2)cs1. The molecule has 1 saturated carbocycles. The van der Waals surface area contributed by atoms with E-state index in [9.17, 15) is 0 Å². The van der Waals surface area contributed by atoms with Crippen molar-refractivity contribution in [3.63, 3.8) is 0 Å². The fraction of sp³-hybridized carbons (Fsp3) is 0.556. The smallest absolute Gasteiger partial charge is 0.00613 e.